The van der Waals surface area contributed by atoms with Crippen LogP contribution >= 0.6 is 46.4 Å². The third kappa shape index (κ3) is 5.37. The number of amides is 1. The number of benzene rings is 4. The molecule has 36 heavy (non-hydrogen) atoms. The third-order valence-corrected chi connectivity index (χ3v) is 7.17. The van der Waals surface area contributed by atoms with Gasteiger partial charge in [-0.05, 0) is 46.2 Å². The van der Waals surface area contributed by atoms with Gasteiger partial charge in [0.2, 0.25) is 0 Å². The van der Waals surface area contributed by atoms with Crippen LogP contribution in [-0.4, -0.2) is 17.7 Å². The molecule has 1 N–H and O–H groups in total. The van der Waals surface area contributed by atoms with Gasteiger partial charge >= 0.3 is 0 Å². The Balaban J connectivity index is 1.75. The number of carbonyl (C=O) groups is 2. The van der Waals surface area contributed by atoms with E-state index in [-0.39, 0.29) is 44.3 Å². The zero-order valence-electron chi connectivity index (χ0n) is 19.0. The maximum atomic E-state index is 13.8. The Kier molecular flexibility index (Phi) is 8.21. The average Bonchev–Trinajstić information content (AvgIpc) is 2.83. The zero-order chi connectivity index (χ0) is 26.0. The number of rotatable bonds is 7. The van der Waals surface area contributed by atoms with E-state index in [1.54, 1.807) is 25.1 Å². The Labute approximate surface area is 228 Å². The van der Waals surface area contributed by atoms with Gasteiger partial charge in [0.15, 0.2) is 5.78 Å². The summed E-state index contributed by atoms with van der Waals surface area (Å²) in [4.78, 5) is 25.9. The fourth-order valence-corrected chi connectivity index (χ4v) is 5.45. The normalized spacial score (nSPS) is 11.9. The van der Waals surface area contributed by atoms with Crippen molar-refractivity contribution in [2.24, 2.45) is 0 Å². The van der Waals surface area contributed by atoms with Crippen molar-refractivity contribution in [3.8, 4) is 11.1 Å². The fraction of sp³-hybridized carbons (Fsp3) is 0.143. The quantitative estimate of drug-likeness (QED) is 0.245. The van der Waals surface area contributed by atoms with E-state index >= 15 is 0 Å². The smallest absolute Gasteiger partial charge is 0.254 e. The van der Waals surface area contributed by atoms with Crippen LogP contribution in [0.5, 0.6) is 0 Å². The highest BCUT2D eigenvalue weighted by atomic mass is 35.5. The molecule has 3 nitrogen and oxygen atoms in total. The predicted molar refractivity (Wildman–Crippen MR) is 146 cm³/mol. The summed E-state index contributed by atoms with van der Waals surface area (Å²) < 4.78 is 13.8. The molecule has 0 aliphatic heterocycles. The van der Waals surface area contributed by atoms with E-state index in [1.807, 2.05) is 36.4 Å². The molecule has 4 rings (SSSR count). The molecular weight excluding hydrogens is 543 g/mol. The highest BCUT2D eigenvalue weighted by molar-refractivity contribution is 6.40. The standard InChI is InChI=1S/C28H20Cl4FNO2/c1-2-25(35)24(34-28(36)27-20(29)8-5-9-21(27)30)12-15-10-11-19(18-7-4-3-6-17(15)18)26-22(31)13-16(33)14-23(26)32/h3-11,13-14,24H,2,12H2,1H3,(H,34,36)/t24-/m0/s1. The molecule has 0 aliphatic carbocycles. The van der Waals surface area contributed by atoms with Crippen molar-refractivity contribution < 1.29 is 14.0 Å². The number of hydrogen-bond acceptors (Lipinski definition) is 2. The molecule has 4 aromatic rings. The van der Waals surface area contributed by atoms with Crippen LogP contribution in [-0.2, 0) is 11.2 Å². The Morgan fingerprint density at radius 3 is 2.06 bits per heavy atom. The summed E-state index contributed by atoms with van der Waals surface area (Å²) in [5, 5.41) is 5.28. The Morgan fingerprint density at radius 1 is 0.833 bits per heavy atom. The Morgan fingerprint density at radius 2 is 1.44 bits per heavy atom. The molecule has 1 atom stereocenters. The van der Waals surface area contributed by atoms with Crippen LogP contribution in [0.1, 0.15) is 29.3 Å². The minimum Gasteiger partial charge on any atom is -0.342 e. The van der Waals surface area contributed by atoms with Crippen LogP contribution in [0.3, 0.4) is 0 Å². The summed E-state index contributed by atoms with van der Waals surface area (Å²) >= 11 is 25.1. The van der Waals surface area contributed by atoms with Gasteiger partial charge < -0.3 is 5.32 Å². The van der Waals surface area contributed by atoms with Crippen molar-refractivity contribution in [1.82, 2.24) is 5.32 Å². The van der Waals surface area contributed by atoms with Gasteiger partial charge in [0.25, 0.3) is 5.91 Å². The van der Waals surface area contributed by atoms with Gasteiger partial charge in [-0.1, -0.05) is 95.8 Å². The minimum absolute atomic E-state index is 0.121. The lowest BCUT2D eigenvalue weighted by atomic mass is 9.91. The van der Waals surface area contributed by atoms with Gasteiger partial charge in [0.05, 0.1) is 31.7 Å². The molecule has 0 radical (unpaired) electrons. The van der Waals surface area contributed by atoms with Crippen LogP contribution in [0.15, 0.2) is 66.7 Å². The van der Waals surface area contributed by atoms with E-state index in [1.165, 1.54) is 12.1 Å². The third-order valence-electron chi connectivity index (χ3n) is 5.95. The topological polar surface area (TPSA) is 46.2 Å². The SMILES string of the molecule is CCC(=O)[C@H](Cc1ccc(-c2c(Cl)cc(F)cc2Cl)c2ccccc12)NC(=O)c1c(Cl)cccc1Cl. The van der Waals surface area contributed by atoms with Gasteiger partial charge in [-0.3, -0.25) is 9.59 Å². The minimum atomic E-state index is -0.804. The molecule has 0 aliphatic rings. The van der Waals surface area contributed by atoms with Crippen molar-refractivity contribution in [1.29, 1.82) is 0 Å². The van der Waals surface area contributed by atoms with Crippen molar-refractivity contribution in [2.75, 3.05) is 0 Å². The van der Waals surface area contributed by atoms with Gasteiger partial charge in [0.1, 0.15) is 5.82 Å². The molecular formula is C28H20Cl4FNO2. The molecule has 1 amide bonds. The number of carbonyl (C=O) groups excluding carboxylic acids is 2. The van der Waals surface area contributed by atoms with Gasteiger partial charge in [-0.15, -0.1) is 0 Å². The van der Waals surface area contributed by atoms with E-state index in [9.17, 15) is 14.0 Å². The number of halogens is 5. The first kappa shape index (κ1) is 26.4. The molecule has 0 heterocycles. The Bertz CT molecular complexity index is 1440. The number of nitrogens with one attached hydrogen (secondary N) is 1. The maximum absolute atomic E-state index is 13.8. The highest BCUT2D eigenvalue weighted by Gasteiger charge is 2.24. The van der Waals surface area contributed by atoms with Gasteiger partial charge in [0, 0.05) is 18.4 Å². The fourth-order valence-electron chi connectivity index (χ4n) is 4.21. The first-order valence-electron chi connectivity index (χ1n) is 11.1. The molecule has 0 saturated heterocycles. The molecule has 0 bridgehead atoms. The summed E-state index contributed by atoms with van der Waals surface area (Å²) in [6.45, 7) is 1.74. The van der Waals surface area contributed by atoms with Crippen LogP contribution in [0.25, 0.3) is 21.9 Å². The van der Waals surface area contributed by atoms with E-state index in [2.05, 4.69) is 5.32 Å². The summed E-state index contributed by atoms with van der Waals surface area (Å²) in [5.74, 6) is -1.18. The van der Waals surface area contributed by atoms with Crippen molar-refractivity contribution in [3.05, 3.63) is 104 Å². The molecule has 0 saturated carbocycles. The number of ketones is 1. The summed E-state index contributed by atoms with van der Waals surface area (Å²) in [5.41, 5.74) is 2.21. The second-order valence-corrected chi connectivity index (χ2v) is 9.84. The molecule has 8 heteroatoms. The van der Waals surface area contributed by atoms with Crippen molar-refractivity contribution in [2.45, 2.75) is 25.8 Å². The second-order valence-electron chi connectivity index (χ2n) is 8.21. The average molecular weight is 563 g/mol. The Hall–Kier alpha value is -2.63. The first-order valence-corrected chi connectivity index (χ1v) is 12.7. The van der Waals surface area contributed by atoms with E-state index in [0.717, 1.165) is 21.9 Å². The predicted octanol–water partition coefficient (Wildman–Crippen LogP) is 8.58. The summed E-state index contributed by atoms with van der Waals surface area (Å²) in [6, 6.07) is 17.7. The molecule has 0 aromatic heterocycles. The molecule has 0 spiro atoms. The molecule has 0 unspecified atom stereocenters. The lowest BCUT2D eigenvalue weighted by molar-refractivity contribution is -0.120. The van der Waals surface area contributed by atoms with E-state index in [0.29, 0.717) is 5.56 Å². The monoisotopic (exact) mass is 561 g/mol. The number of fused-ring (bicyclic) bond motifs is 1. The first-order chi connectivity index (χ1) is 17.2. The second kappa shape index (κ2) is 11.2. The van der Waals surface area contributed by atoms with Crippen LogP contribution in [0, 0.1) is 5.82 Å². The van der Waals surface area contributed by atoms with Gasteiger partial charge in [-0.2, -0.15) is 0 Å². The largest absolute Gasteiger partial charge is 0.342 e. The van der Waals surface area contributed by atoms with Crippen molar-refractivity contribution in [3.63, 3.8) is 0 Å². The molecule has 4 aromatic carbocycles. The van der Waals surface area contributed by atoms with Crippen LogP contribution in [0.2, 0.25) is 20.1 Å². The van der Waals surface area contributed by atoms with E-state index < -0.39 is 17.8 Å². The lowest BCUT2D eigenvalue weighted by Gasteiger charge is -2.20. The van der Waals surface area contributed by atoms with Crippen LogP contribution in [0.4, 0.5) is 4.39 Å². The summed E-state index contributed by atoms with van der Waals surface area (Å²) in [6.07, 6.45) is 0.476. The number of Topliss-reactive ketones (excluding diaryl/α,β-unsaturated/α-hetero) is 1. The van der Waals surface area contributed by atoms with Gasteiger partial charge in [-0.25, -0.2) is 4.39 Å². The summed E-state index contributed by atoms with van der Waals surface area (Å²) in [7, 11) is 0. The molecule has 0 fully saturated rings. The van der Waals surface area contributed by atoms with E-state index in [4.69, 9.17) is 46.4 Å². The number of hydrogen-bond donors (Lipinski definition) is 1. The van der Waals surface area contributed by atoms with Crippen molar-refractivity contribution >= 4 is 68.9 Å². The lowest BCUT2D eigenvalue weighted by Crippen LogP contribution is -2.42. The zero-order valence-corrected chi connectivity index (χ0v) is 22.1. The maximum Gasteiger partial charge on any atom is 0.254 e. The molecule has 184 valence electrons. The van der Waals surface area contributed by atoms with Crippen LogP contribution < -0.4 is 5.32 Å². The highest BCUT2D eigenvalue weighted by Crippen LogP contribution is 2.40.